The largest absolute Gasteiger partial charge is 0.406 e. The van der Waals surface area contributed by atoms with Crippen molar-refractivity contribution in [1.29, 1.82) is 0 Å². The fraction of sp³-hybridized carbons (Fsp3) is 0.600. The molecule has 0 N–H and O–H groups in total. The van der Waals surface area contributed by atoms with Crippen molar-refractivity contribution in [2.75, 3.05) is 18.0 Å². The highest BCUT2D eigenvalue weighted by Crippen LogP contribution is 2.28. The molecule has 0 spiro atoms. The Morgan fingerprint density at radius 2 is 2.62 bits per heavy atom. The number of alkyl halides is 1. The highest BCUT2D eigenvalue weighted by molar-refractivity contribution is 7.13. The van der Waals surface area contributed by atoms with Crippen molar-refractivity contribution in [2.24, 2.45) is 0 Å². The monoisotopic (exact) mass is 244 g/mol. The number of ether oxygens (including phenoxy) is 1. The van der Waals surface area contributed by atoms with Gasteiger partial charge in [0.2, 0.25) is 5.88 Å². The van der Waals surface area contributed by atoms with E-state index in [-0.39, 0.29) is 5.97 Å². The standard InChI is InChI=1S/C10H13FN2O2S/c1-2-9(14)15-8-6-16-10(12-8)13-4-3-7(11)5-13/h6-7H,2-5H2,1H3/t7-/m0/s1. The quantitative estimate of drug-likeness (QED) is 0.763. The first-order valence-electron chi connectivity index (χ1n) is 5.24. The summed E-state index contributed by atoms with van der Waals surface area (Å²) >= 11 is 1.37. The van der Waals surface area contributed by atoms with Gasteiger partial charge in [-0.15, -0.1) is 11.3 Å². The molecule has 6 heteroatoms. The highest BCUT2D eigenvalue weighted by atomic mass is 32.1. The van der Waals surface area contributed by atoms with Crippen molar-refractivity contribution < 1.29 is 13.9 Å². The average molecular weight is 244 g/mol. The Balaban J connectivity index is 1.99. The maximum Gasteiger partial charge on any atom is 0.312 e. The molecule has 88 valence electrons. The van der Waals surface area contributed by atoms with Gasteiger partial charge in [0.05, 0.1) is 11.9 Å². The number of halogens is 1. The summed E-state index contributed by atoms with van der Waals surface area (Å²) in [6.45, 7) is 2.79. The molecule has 4 nitrogen and oxygen atoms in total. The maximum atomic E-state index is 13.0. The van der Waals surface area contributed by atoms with Gasteiger partial charge in [-0.25, -0.2) is 4.39 Å². The van der Waals surface area contributed by atoms with Gasteiger partial charge in [-0.3, -0.25) is 4.79 Å². The molecule has 1 atom stereocenters. The second kappa shape index (κ2) is 4.78. The van der Waals surface area contributed by atoms with E-state index in [1.807, 2.05) is 4.90 Å². The van der Waals surface area contributed by atoms with Gasteiger partial charge in [-0.1, -0.05) is 6.92 Å². The SMILES string of the molecule is CCC(=O)Oc1csc(N2CC[C@H](F)C2)n1. The Hall–Kier alpha value is -1.17. The third-order valence-electron chi connectivity index (χ3n) is 2.38. The van der Waals surface area contributed by atoms with Crippen LogP contribution in [0.1, 0.15) is 19.8 Å². The van der Waals surface area contributed by atoms with Crippen molar-refractivity contribution in [2.45, 2.75) is 25.9 Å². The van der Waals surface area contributed by atoms with Crippen LogP contribution < -0.4 is 9.64 Å². The summed E-state index contributed by atoms with van der Waals surface area (Å²) in [7, 11) is 0. The van der Waals surface area contributed by atoms with Gasteiger partial charge >= 0.3 is 5.97 Å². The Kier molecular flexibility index (Phi) is 3.38. The summed E-state index contributed by atoms with van der Waals surface area (Å²) in [5.41, 5.74) is 0. The van der Waals surface area contributed by atoms with E-state index >= 15 is 0 Å². The zero-order chi connectivity index (χ0) is 11.5. The first kappa shape index (κ1) is 11.3. The molecule has 1 aromatic rings. The number of rotatable bonds is 3. The number of nitrogens with zero attached hydrogens (tertiary/aromatic N) is 2. The lowest BCUT2D eigenvalue weighted by molar-refractivity contribution is -0.134. The van der Waals surface area contributed by atoms with Crippen molar-refractivity contribution >= 4 is 22.4 Å². The van der Waals surface area contributed by atoms with Crippen LogP contribution >= 0.6 is 11.3 Å². The van der Waals surface area contributed by atoms with Crippen LogP contribution in [0.2, 0.25) is 0 Å². The zero-order valence-electron chi connectivity index (χ0n) is 8.98. The van der Waals surface area contributed by atoms with Crippen molar-refractivity contribution in [3.8, 4) is 5.88 Å². The second-order valence-corrected chi connectivity index (χ2v) is 4.46. The lowest BCUT2D eigenvalue weighted by atomic mass is 10.3. The van der Waals surface area contributed by atoms with E-state index in [1.165, 1.54) is 11.3 Å². The number of thiazole rings is 1. The third-order valence-corrected chi connectivity index (χ3v) is 3.26. The molecule has 2 rings (SSSR count). The Morgan fingerprint density at radius 3 is 3.25 bits per heavy atom. The first-order chi connectivity index (χ1) is 7.69. The minimum Gasteiger partial charge on any atom is -0.406 e. The Labute approximate surface area is 97.0 Å². The molecule has 1 fully saturated rings. The number of hydrogen-bond acceptors (Lipinski definition) is 5. The number of carbonyl (C=O) groups excluding carboxylic acids is 1. The molecule has 1 aliphatic rings. The van der Waals surface area contributed by atoms with Gasteiger partial charge in [0.15, 0.2) is 5.13 Å². The van der Waals surface area contributed by atoms with Crippen LogP contribution in [-0.4, -0.2) is 30.2 Å². The fourth-order valence-electron chi connectivity index (χ4n) is 1.52. The number of anilines is 1. The van der Waals surface area contributed by atoms with Crippen LogP contribution in [0.3, 0.4) is 0 Å². The molecular formula is C10H13FN2O2S. The van der Waals surface area contributed by atoms with Crippen LogP contribution in [-0.2, 0) is 4.79 Å². The van der Waals surface area contributed by atoms with Crippen LogP contribution in [0.15, 0.2) is 5.38 Å². The molecule has 0 saturated carbocycles. The molecule has 0 amide bonds. The number of aromatic nitrogens is 1. The van der Waals surface area contributed by atoms with Gasteiger partial charge < -0.3 is 9.64 Å². The van der Waals surface area contributed by atoms with Gasteiger partial charge in [-0.2, -0.15) is 4.98 Å². The summed E-state index contributed by atoms with van der Waals surface area (Å²) in [5, 5.41) is 2.40. The minimum atomic E-state index is -0.773. The first-order valence-corrected chi connectivity index (χ1v) is 6.12. The number of hydrogen-bond donors (Lipinski definition) is 0. The van der Waals surface area contributed by atoms with Crippen LogP contribution in [0.4, 0.5) is 9.52 Å². The molecule has 0 unspecified atom stereocenters. The summed E-state index contributed by atoms with van der Waals surface area (Å²) in [5.74, 6) is 0.01000. The molecule has 1 aromatic heterocycles. The van der Waals surface area contributed by atoms with Gasteiger partial charge in [0, 0.05) is 13.0 Å². The predicted molar refractivity (Wildman–Crippen MR) is 59.8 cm³/mol. The van der Waals surface area contributed by atoms with Crippen molar-refractivity contribution in [3.63, 3.8) is 0 Å². The molecule has 0 bridgehead atoms. The molecule has 0 aromatic carbocycles. The zero-order valence-corrected chi connectivity index (χ0v) is 9.80. The smallest absolute Gasteiger partial charge is 0.312 e. The molecule has 1 aliphatic heterocycles. The van der Waals surface area contributed by atoms with E-state index in [1.54, 1.807) is 12.3 Å². The second-order valence-electron chi connectivity index (χ2n) is 3.63. The van der Waals surface area contributed by atoms with E-state index in [9.17, 15) is 9.18 Å². The van der Waals surface area contributed by atoms with E-state index in [0.29, 0.717) is 31.8 Å². The highest BCUT2D eigenvalue weighted by Gasteiger charge is 2.24. The molecule has 0 aliphatic carbocycles. The molecule has 1 saturated heterocycles. The van der Waals surface area contributed by atoms with Crippen LogP contribution in [0.25, 0.3) is 0 Å². The van der Waals surface area contributed by atoms with E-state index in [4.69, 9.17) is 4.74 Å². The molecule has 16 heavy (non-hydrogen) atoms. The van der Waals surface area contributed by atoms with E-state index in [2.05, 4.69) is 4.98 Å². The van der Waals surface area contributed by atoms with Crippen LogP contribution in [0.5, 0.6) is 5.88 Å². The summed E-state index contributed by atoms with van der Waals surface area (Å²) in [6.07, 6.45) is 0.0952. The van der Waals surface area contributed by atoms with Gasteiger partial charge in [-0.05, 0) is 6.42 Å². The fourth-order valence-corrected chi connectivity index (χ4v) is 2.29. The Bertz CT molecular complexity index is 383. The minimum absolute atomic E-state index is 0.304. The molecule has 0 radical (unpaired) electrons. The Morgan fingerprint density at radius 1 is 1.81 bits per heavy atom. The lowest BCUT2D eigenvalue weighted by Crippen LogP contribution is -2.19. The summed E-state index contributed by atoms with van der Waals surface area (Å²) in [6, 6.07) is 0. The maximum absolute atomic E-state index is 13.0. The summed E-state index contributed by atoms with van der Waals surface area (Å²) < 4.78 is 18.0. The van der Waals surface area contributed by atoms with Crippen molar-refractivity contribution in [1.82, 2.24) is 4.98 Å². The average Bonchev–Trinajstić information content (AvgIpc) is 2.87. The molecular weight excluding hydrogens is 231 g/mol. The van der Waals surface area contributed by atoms with Crippen LogP contribution in [0, 0.1) is 0 Å². The molecule has 2 heterocycles. The van der Waals surface area contributed by atoms with E-state index in [0.717, 1.165) is 5.13 Å². The number of carbonyl (C=O) groups is 1. The van der Waals surface area contributed by atoms with Crippen molar-refractivity contribution in [3.05, 3.63) is 5.38 Å². The lowest BCUT2D eigenvalue weighted by Gasteiger charge is -2.12. The van der Waals surface area contributed by atoms with E-state index < -0.39 is 6.17 Å². The van der Waals surface area contributed by atoms with Gasteiger partial charge in [0.1, 0.15) is 6.17 Å². The topological polar surface area (TPSA) is 42.4 Å². The third kappa shape index (κ3) is 2.49. The predicted octanol–water partition coefficient (Wildman–Crippen LogP) is 2.01. The number of esters is 1. The summed E-state index contributed by atoms with van der Waals surface area (Å²) in [4.78, 5) is 17.1. The van der Waals surface area contributed by atoms with Gasteiger partial charge in [0.25, 0.3) is 0 Å². The normalized spacial score (nSPS) is 20.1.